The number of hydrogen-bond acceptors (Lipinski definition) is 4. The van der Waals surface area contributed by atoms with E-state index in [1.54, 1.807) is 0 Å². The second-order valence-electron chi connectivity index (χ2n) is 5.11. The lowest BCUT2D eigenvalue weighted by Gasteiger charge is -2.41. The van der Waals surface area contributed by atoms with Crippen LogP contribution in [0.5, 0.6) is 0 Å². The van der Waals surface area contributed by atoms with Crippen LogP contribution in [0.3, 0.4) is 0 Å². The number of amidine groups is 1. The van der Waals surface area contributed by atoms with Gasteiger partial charge < -0.3 is 15.8 Å². The van der Waals surface area contributed by atoms with Gasteiger partial charge in [-0.25, -0.2) is 0 Å². The summed E-state index contributed by atoms with van der Waals surface area (Å²) >= 11 is 3.49. The van der Waals surface area contributed by atoms with Crippen LogP contribution in [0.1, 0.15) is 18.9 Å². The largest absolute Gasteiger partial charge is 0.409 e. The van der Waals surface area contributed by atoms with E-state index in [-0.39, 0.29) is 5.84 Å². The van der Waals surface area contributed by atoms with Crippen LogP contribution in [0.4, 0.5) is 5.69 Å². The van der Waals surface area contributed by atoms with Gasteiger partial charge in [-0.1, -0.05) is 18.1 Å². The summed E-state index contributed by atoms with van der Waals surface area (Å²) in [6.45, 7) is 5.11. The minimum absolute atomic E-state index is 0.138. The minimum Gasteiger partial charge on any atom is -0.409 e. The van der Waals surface area contributed by atoms with Crippen LogP contribution in [-0.2, 0) is 0 Å². The second-order valence-corrected chi connectivity index (χ2v) is 5.96. The number of anilines is 1. The fraction of sp³-hybridized carbons (Fsp3) is 0.500. The Labute approximate surface area is 128 Å². The molecule has 1 saturated heterocycles. The van der Waals surface area contributed by atoms with Gasteiger partial charge in [-0.3, -0.25) is 4.90 Å². The van der Waals surface area contributed by atoms with Crippen molar-refractivity contribution < 1.29 is 5.21 Å². The summed E-state index contributed by atoms with van der Waals surface area (Å²) in [4.78, 5) is 4.70. The minimum atomic E-state index is 0.138. The molecule has 0 bridgehead atoms. The number of piperazine rings is 1. The molecule has 110 valence electrons. The van der Waals surface area contributed by atoms with Crippen molar-refractivity contribution in [2.75, 3.05) is 31.6 Å². The fourth-order valence-corrected chi connectivity index (χ4v) is 3.24. The Bertz CT molecular complexity index is 506. The molecule has 1 unspecified atom stereocenters. The lowest BCUT2D eigenvalue weighted by atomic mass is 10.1. The van der Waals surface area contributed by atoms with Gasteiger partial charge in [0.25, 0.3) is 0 Å². The van der Waals surface area contributed by atoms with E-state index in [0.29, 0.717) is 6.04 Å². The van der Waals surface area contributed by atoms with Gasteiger partial charge in [-0.05, 0) is 41.5 Å². The topological polar surface area (TPSA) is 65.1 Å². The number of nitrogens with two attached hydrogens (primary N) is 1. The fourth-order valence-electron chi connectivity index (χ4n) is 2.69. The smallest absolute Gasteiger partial charge is 0.173 e. The lowest BCUT2D eigenvalue weighted by molar-refractivity contribution is 0.213. The molecule has 0 aliphatic carbocycles. The molecule has 5 nitrogen and oxygen atoms in total. The Kier molecular flexibility index (Phi) is 4.88. The Balaban J connectivity index is 2.36. The van der Waals surface area contributed by atoms with E-state index in [0.717, 1.165) is 41.8 Å². The zero-order valence-corrected chi connectivity index (χ0v) is 13.5. The van der Waals surface area contributed by atoms with Crippen molar-refractivity contribution in [2.24, 2.45) is 10.9 Å². The van der Waals surface area contributed by atoms with Crippen LogP contribution in [-0.4, -0.2) is 48.7 Å². The molecule has 2 rings (SSSR count). The van der Waals surface area contributed by atoms with Gasteiger partial charge in [0.05, 0.1) is 5.56 Å². The summed E-state index contributed by atoms with van der Waals surface area (Å²) in [6.07, 6.45) is 1.11. The predicted molar refractivity (Wildman–Crippen MR) is 85.6 cm³/mol. The standard InChI is InChI=1S/C14H21BrN4O/c1-3-10-9-19(8-7-18(10)2)12-6-4-5-11(15)13(12)14(16)17-20/h4-6,10,20H,3,7-9H2,1-2H3,(H2,16,17). The number of benzene rings is 1. The molecular weight excluding hydrogens is 320 g/mol. The SMILES string of the molecule is CCC1CN(c2cccc(Br)c2/C(N)=N/O)CCN1C. The number of likely N-dealkylation sites (N-methyl/N-ethyl adjacent to an activating group) is 1. The normalized spacial score (nSPS) is 21.2. The molecule has 0 saturated carbocycles. The summed E-state index contributed by atoms with van der Waals surface area (Å²) < 4.78 is 0.845. The Hall–Kier alpha value is -1.27. The summed E-state index contributed by atoms with van der Waals surface area (Å²) in [7, 11) is 2.16. The van der Waals surface area contributed by atoms with Crippen LogP contribution in [0, 0.1) is 0 Å². The van der Waals surface area contributed by atoms with E-state index in [2.05, 4.69) is 44.9 Å². The number of nitrogens with zero attached hydrogens (tertiary/aromatic N) is 3. The number of rotatable bonds is 3. The average Bonchev–Trinajstić information content (AvgIpc) is 2.46. The van der Waals surface area contributed by atoms with Crippen LogP contribution >= 0.6 is 15.9 Å². The number of hydrogen-bond donors (Lipinski definition) is 2. The highest BCUT2D eigenvalue weighted by Crippen LogP contribution is 2.29. The summed E-state index contributed by atoms with van der Waals surface area (Å²) in [5.41, 5.74) is 7.60. The second kappa shape index (κ2) is 6.45. The third-order valence-electron chi connectivity index (χ3n) is 3.94. The Morgan fingerprint density at radius 1 is 1.50 bits per heavy atom. The predicted octanol–water partition coefficient (Wildman–Crippen LogP) is 2.07. The first-order valence-corrected chi connectivity index (χ1v) is 7.59. The molecule has 1 aliphatic rings. The van der Waals surface area contributed by atoms with Crippen LogP contribution in [0.2, 0.25) is 0 Å². The summed E-state index contributed by atoms with van der Waals surface area (Å²) in [5.74, 6) is 0.138. The summed E-state index contributed by atoms with van der Waals surface area (Å²) in [5, 5.41) is 12.1. The quantitative estimate of drug-likeness (QED) is 0.382. The van der Waals surface area contributed by atoms with Crippen molar-refractivity contribution >= 4 is 27.5 Å². The van der Waals surface area contributed by atoms with Crippen molar-refractivity contribution in [1.82, 2.24) is 4.90 Å². The van der Waals surface area contributed by atoms with Gasteiger partial charge in [0.1, 0.15) is 0 Å². The van der Waals surface area contributed by atoms with Crippen molar-refractivity contribution in [3.8, 4) is 0 Å². The molecule has 1 aromatic carbocycles. The molecule has 20 heavy (non-hydrogen) atoms. The van der Waals surface area contributed by atoms with E-state index in [1.165, 1.54) is 0 Å². The lowest BCUT2D eigenvalue weighted by Crippen LogP contribution is -2.51. The molecule has 0 radical (unpaired) electrons. The first-order valence-electron chi connectivity index (χ1n) is 6.80. The van der Waals surface area contributed by atoms with E-state index in [9.17, 15) is 0 Å². The highest BCUT2D eigenvalue weighted by atomic mass is 79.9. The van der Waals surface area contributed by atoms with Crippen molar-refractivity contribution in [2.45, 2.75) is 19.4 Å². The zero-order valence-electron chi connectivity index (χ0n) is 11.9. The van der Waals surface area contributed by atoms with Gasteiger partial charge >= 0.3 is 0 Å². The highest BCUT2D eigenvalue weighted by Gasteiger charge is 2.25. The van der Waals surface area contributed by atoms with Crippen LogP contribution in [0.25, 0.3) is 0 Å². The first-order chi connectivity index (χ1) is 9.58. The van der Waals surface area contributed by atoms with E-state index >= 15 is 0 Å². The van der Waals surface area contributed by atoms with Gasteiger partial charge in [0, 0.05) is 35.8 Å². The molecule has 0 aromatic heterocycles. The van der Waals surface area contributed by atoms with Crippen LogP contribution in [0.15, 0.2) is 27.8 Å². The molecule has 1 heterocycles. The number of halogens is 1. The molecule has 1 aromatic rings. The van der Waals surface area contributed by atoms with Crippen molar-refractivity contribution in [1.29, 1.82) is 0 Å². The molecule has 1 aliphatic heterocycles. The van der Waals surface area contributed by atoms with E-state index in [1.807, 2.05) is 18.2 Å². The zero-order chi connectivity index (χ0) is 14.7. The van der Waals surface area contributed by atoms with Gasteiger partial charge in [-0.2, -0.15) is 0 Å². The first kappa shape index (κ1) is 15.1. The molecule has 0 amide bonds. The van der Waals surface area contributed by atoms with Gasteiger partial charge in [0.15, 0.2) is 5.84 Å². The van der Waals surface area contributed by atoms with E-state index in [4.69, 9.17) is 10.9 Å². The average molecular weight is 341 g/mol. The van der Waals surface area contributed by atoms with Gasteiger partial charge in [0.2, 0.25) is 0 Å². The maximum Gasteiger partial charge on any atom is 0.173 e. The highest BCUT2D eigenvalue weighted by molar-refractivity contribution is 9.10. The molecule has 6 heteroatoms. The monoisotopic (exact) mass is 340 g/mol. The molecule has 3 N–H and O–H groups in total. The Morgan fingerprint density at radius 2 is 2.25 bits per heavy atom. The van der Waals surface area contributed by atoms with E-state index < -0.39 is 0 Å². The molecule has 1 atom stereocenters. The Morgan fingerprint density at radius 3 is 2.90 bits per heavy atom. The maximum atomic E-state index is 8.99. The van der Waals surface area contributed by atoms with Crippen molar-refractivity contribution in [3.05, 3.63) is 28.2 Å². The molecule has 0 spiro atoms. The third-order valence-corrected chi connectivity index (χ3v) is 4.61. The van der Waals surface area contributed by atoms with Crippen LogP contribution < -0.4 is 10.6 Å². The van der Waals surface area contributed by atoms with Crippen molar-refractivity contribution in [3.63, 3.8) is 0 Å². The van der Waals surface area contributed by atoms with Gasteiger partial charge in [-0.15, -0.1) is 0 Å². The maximum absolute atomic E-state index is 8.99. The number of oxime groups is 1. The molecule has 1 fully saturated rings. The summed E-state index contributed by atoms with van der Waals surface area (Å²) in [6, 6.07) is 6.44. The molecular formula is C14H21BrN4O. The third kappa shape index (κ3) is 2.91.